The highest BCUT2D eigenvalue weighted by molar-refractivity contribution is 7.99. The quantitative estimate of drug-likeness (QED) is 0.686. The SMILES string of the molecule is Cc1ccc(-c2ccc3nnc(SCC(C)C)n3n2)cc1. The number of nitrogens with zero attached hydrogens (tertiary/aromatic N) is 4. The zero-order chi connectivity index (χ0) is 14.8. The molecule has 108 valence electrons. The molecule has 2 heterocycles. The lowest BCUT2D eigenvalue weighted by atomic mass is 10.1. The number of aryl methyl sites for hydroxylation is 1. The Balaban J connectivity index is 1.98. The molecule has 0 bridgehead atoms. The first-order chi connectivity index (χ1) is 10.1. The number of hydrogen-bond donors (Lipinski definition) is 0. The van der Waals surface area contributed by atoms with Gasteiger partial charge in [0.05, 0.1) is 5.69 Å². The summed E-state index contributed by atoms with van der Waals surface area (Å²) in [5, 5.41) is 13.9. The molecule has 0 aliphatic heterocycles. The molecule has 4 nitrogen and oxygen atoms in total. The number of aromatic nitrogens is 4. The summed E-state index contributed by atoms with van der Waals surface area (Å²) in [6.45, 7) is 6.48. The summed E-state index contributed by atoms with van der Waals surface area (Å²) < 4.78 is 1.84. The Morgan fingerprint density at radius 2 is 1.81 bits per heavy atom. The summed E-state index contributed by atoms with van der Waals surface area (Å²) in [6.07, 6.45) is 0. The Morgan fingerprint density at radius 3 is 2.52 bits per heavy atom. The zero-order valence-electron chi connectivity index (χ0n) is 12.4. The molecule has 0 atom stereocenters. The molecule has 5 heteroatoms. The van der Waals surface area contributed by atoms with Gasteiger partial charge < -0.3 is 0 Å². The lowest BCUT2D eigenvalue weighted by Gasteiger charge is -2.04. The van der Waals surface area contributed by atoms with Gasteiger partial charge in [0.2, 0.25) is 5.16 Å². The predicted octanol–water partition coefficient (Wildman–Crippen LogP) is 3.85. The molecule has 2 aromatic heterocycles. The van der Waals surface area contributed by atoms with Crippen molar-refractivity contribution < 1.29 is 0 Å². The van der Waals surface area contributed by atoms with Gasteiger partial charge in [-0.1, -0.05) is 55.4 Å². The molecular formula is C16H18N4S. The van der Waals surface area contributed by atoms with Crippen LogP contribution in [0.1, 0.15) is 19.4 Å². The number of rotatable bonds is 4. The standard InChI is InChI=1S/C16H18N4S/c1-11(2)10-21-16-18-17-15-9-8-14(19-20(15)16)13-6-4-12(3)5-7-13/h4-9,11H,10H2,1-3H3. The van der Waals surface area contributed by atoms with E-state index in [1.165, 1.54) is 5.56 Å². The van der Waals surface area contributed by atoms with Crippen LogP contribution in [-0.2, 0) is 0 Å². The fourth-order valence-corrected chi connectivity index (χ4v) is 2.82. The average Bonchev–Trinajstić information content (AvgIpc) is 2.88. The van der Waals surface area contributed by atoms with Crippen molar-refractivity contribution in [1.82, 2.24) is 19.8 Å². The minimum absolute atomic E-state index is 0.614. The molecule has 0 amide bonds. The summed E-state index contributed by atoms with van der Waals surface area (Å²) in [6, 6.07) is 12.3. The van der Waals surface area contributed by atoms with Gasteiger partial charge >= 0.3 is 0 Å². The van der Waals surface area contributed by atoms with E-state index in [0.29, 0.717) is 5.92 Å². The predicted molar refractivity (Wildman–Crippen MR) is 86.5 cm³/mol. The lowest BCUT2D eigenvalue weighted by molar-refractivity contribution is 0.742. The monoisotopic (exact) mass is 298 g/mol. The molecule has 3 rings (SSSR count). The molecule has 3 aromatic rings. The maximum Gasteiger partial charge on any atom is 0.212 e. The van der Waals surface area contributed by atoms with Crippen LogP contribution < -0.4 is 0 Å². The Hall–Kier alpha value is -1.88. The highest BCUT2D eigenvalue weighted by Crippen LogP contribution is 2.22. The summed E-state index contributed by atoms with van der Waals surface area (Å²) in [5.74, 6) is 1.62. The number of thioether (sulfide) groups is 1. The smallest absolute Gasteiger partial charge is 0.187 e. The van der Waals surface area contributed by atoms with E-state index in [9.17, 15) is 0 Å². The van der Waals surface area contributed by atoms with Crippen LogP contribution in [0, 0.1) is 12.8 Å². The molecule has 0 aliphatic carbocycles. The van der Waals surface area contributed by atoms with Crippen LogP contribution in [0.3, 0.4) is 0 Å². The Bertz CT molecular complexity index is 747. The van der Waals surface area contributed by atoms with Gasteiger partial charge in [-0.25, -0.2) is 0 Å². The van der Waals surface area contributed by atoms with Crippen LogP contribution in [0.25, 0.3) is 16.9 Å². The molecule has 1 aromatic carbocycles. The maximum absolute atomic E-state index is 4.68. The number of hydrogen-bond acceptors (Lipinski definition) is 4. The van der Waals surface area contributed by atoms with E-state index in [1.807, 2.05) is 16.6 Å². The van der Waals surface area contributed by atoms with Gasteiger partial charge in [0.1, 0.15) is 0 Å². The molecule has 0 spiro atoms. The lowest BCUT2D eigenvalue weighted by Crippen LogP contribution is -1.98. The zero-order valence-corrected chi connectivity index (χ0v) is 13.3. The molecule has 0 saturated carbocycles. The van der Waals surface area contributed by atoms with Crippen molar-refractivity contribution in [3.8, 4) is 11.3 Å². The molecular weight excluding hydrogens is 280 g/mol. The first kappa shape index (κ1) is 14.1. The van der Waals surface area contributed by atoms with Crippen LogP contribution in [0.4, 0.5) is 0 Å². The van der Waals surface area contributed by atoms with Crippen LogP contribution in [-0.4, -0.2) is 25.6 Å². The summed E-state index contributed by atoms with van der Waals surface area (Å²) >= 11 is 1.70. The van der Waals surface area contributed by atoms with E-state index < -0.39 is 0 Å². The van der Waals surface area contributed by atoms with Gasteiger partial charge in [0.15, 0.2) is 5.65 Å². The van der Waals surface area contributed by atoms with Crippen molar-refractivity contribution in [1.29, 1.82) is 0 Å². The van der Waals surface area contributed by atoms with E-state index in [1.54, 1.807) is 11.8 Å². The summed E-state index contributed by atoms with van der Waals surface area (Å²) in [7, 11) is 0. The van der Waals surface area contributed by atoms with Crippen LogP contribution >= 0.6 is 11.8 Å². The topological polar surface area (TPSA) is 43.1 Å². The van der Waals surface area contributed by atoms with Crippen molar-refractivity contribution in [2.45, 2.75) is 25.9 Å². The molecule has 0 radical (unpaired) electrons. The Labute approximate surface area is 128 Å². The van der Waals surface area contributed by atoms with Gasteiger partial charge in [-0.15, -0.1) is 10.2 Å². The second-order valence-electron chi connectivity index (χ2n) is 5.54. The van der Waals surface area contributed by atoms with Gasteiger partial charge in [-0.05, 0) is 25.0 Å². The highest BCUT2D eigenvalue weighted by atomic mass is 32.2. The third-order valence-electron chi connectivity index (χ3n) is 3.13. The Kier molecular flexibility index (Phi) is 3.92. The van der Waals surface area contributed by atoms with Crippen molar-refractivity contribution in [2.24, 2.45) is 5.92 Å². The van der Waals surface area contributed by atoms with Gasteiger partial charge in [-0.3, -0.25) is 0 Å². The summed E-state index contributed by atoms with van der Waals surface area (Å²) in [5.41, 5.74) is 4.08. The molecule has 0 unspecified atom stereocenters. The van der Waals surface area contributed by atoms with E-state index in [4.69, 9.17) is 0 Å². The van der Waals surface area contributed by atoms with Crippen LogP contribution in [0.15, 0.2) is 41.6 Å². The fraction of sp³-hybridized carbons (Fsp3) is 0.312. The van der Waals surface area contributed by atoms with Gasteiger partial charge in [-0.2, -0.15) is 9.61 Å². The largest absolute Gasteiger partial charge is 0.212 e. The minimum atomic E-state index is 0.614. The highest BCUT2D eigenvalue weighted by Gasteiger charge is 2.09. The molecule has 0 saturated heterocycles. The van der Waals surface area contributed by atoms with E-state index in [-0.39, 0.29) is 0 Å². The van der Waals surface area contributed by atoms with Crippen molar-refractivity contribution >= 4 is 17.4 Å². The molecule has 0 fully saturated rings. The van der Waals surface area contributed by atoms with Crippen molar-refractivity contribution in [2.75, 3.05) is 5.75 Å². The number of fused-ring (bicyclic) bond motifs is 1. The van der Waals surface area contributed by atoms with E-state index in [0.717, 1.165) is 27.8 Å². The molecule has 0 aliphatic rings. The van der Waals surface area contributed by atoms with E-state index in [2.05, 4.69) is 60.3 Å². The molecule has 21 heavy (non-hydrogen) atoms. The fourth-order valence-electron chi connectivity index (χ4n) is 1.98. The molecule has 0 N–H and O–H groups in total. The summed E-state index contributed by atoms with van der Waals surface area (Å²) in [4.78, 5) is 0. The maximum atomic E-state index is 4.68. The first-order valence-electron chi connectivity index (χ1n) is 7.06. The first-order valence-corrected chi connectivity index (χ1v) is 8.04. The second kappa shape index (κ2) is 5.85. The van der Waals surface area contributed by atoms with Gasteiger partial charge in [0.25, 0.3) is 0 Å². The van der Waals surface area contributed by atoms with Crippen LogP contribution in [0.5, 0.6) is 0 Å². The second-order valence-corrected chi connectivity index (χ2v) is 6.53. The van der Waals surface area contributed by atoms with Crippen LogP contribution in [0.2, 0.25) is 0 Å². The van der Waals surface area contributed by atoms with Crippen molar-refractivity contribution in [3.05, 3.63) is 42.0 Å². The third kappa shape index (κ3) is 3.08. The van der Waals surface area contributed by atoms with E-state index >= 15 is 0 Å². The van der Waals surface area contributed by atoms with Gasteiger partial charge in [0, 0.05) is 11.3 Å². The Morgan fingerprint density at radius 1 is 1.05 bits per heavy atom. The average molecular weight is 298 g/mol. The normalized spacial score (nSPS) is 11.4. The van der Waals surface area contributed by atoms with Crippen molar-refractivity contribution in [3.63, 3.8) is 0 Å². The number of benzene rings is 1. The minimum Gasteiger partial charge on any atom is -0.187 e. The third-order valence-corrected chi connectivity index (χ3v) is 4.47.